The van der Waals surface area contributed by atoms with E-state index in [4.69, 9.17) is 5.73 Å². The molecule has 6 heteroatoms. The average molecular weight is 259 g/mol. The minimum atomic E-state index is -0.410. The normalized spacial score (nSPS) is 19.6. The molecule has 5 nitrogen and oxygen atoms in total. The summed E-state index contributed by atoms with van der Waals surface area (Å²) in [6.07, 6.45) is 0. The van der Waals surface area contributed by atoms with Gasteiger partial charge in [-0.15, -0.1) is 11.8 Å². The van der Waals surface area contributed by atoms with Crippen LogP contribution in [0.3, 0.4) is 0 Å². The predicted octanol–water partition coefficient (Wildman–Crippen LogP) is 0.00890. The largest absolute Gasteiger partial charge is 0.348 e. The zero-order chi connectivity index (χ0) is 13.1. The van der Waals surface area contributed by atoms with Crippen molar-refractivity contribution in [2.75, 3.05) is 24.7 Å². The highest BCUT2D eigenvalue weighted by Gasteiger charge is 2.30. The predicted molar refractivity (Wildman–Crippen MR) is 69.5 cm³/mol. The average Bonchev–Trinajstić information content (AvgIpc) is 2.63. The molecule has 0 aromatic carbocycles. The van der Waals surface area contributed by atoms with Gasteiger partial charge in [0.1, 0.15) is 6.54 Å². The molecule has 0 saturated carbocycles. The van der Waals surface area contributed by atoms with Crippen molar-refractivity contribution < 1.29 is 9.59 Å². The number of nitrogens with one attached hydrogen (secondary N) is 1. The van der Waals surface area contributed by atoms with E-state index in [1.165, 1.54) is 11.8 Å². The van der Waals surface area contributed by atoms with Gasteiger partial charge < -0.3 is 16.0 Å². The number of carbonyl (C=O) groups is 2. The minimum absolute atomic E-state index is 0.0316. The second kappa shape index (κ2) is 5.73. The molecule has 0 spiro atoms. The molecule has 0 radical (unpaired) electrons. The lowest BCUT2D eigenvalue weighted by atomic mass is 9.88. The Labute approximate surface area is 106 Å². The molecule has 98 valence electrons. The van der Waals surface area contributed by atoms with Crippen LogP contribution < -0.4 is 11.1 Å². The van der Waals surface area contributed by atoms with Gasteiger partial charge in [0, 0.05) is 6.54 Å². The fourth-order valence-corrected chi connectivity index (χ4v) is 2.41. The van der Waals surface area contributed by atoms with Crippen LogP contribution in [-0.2, 0) is 9.59 Å². The highest BCUT2D eigenvalue weighted by Crippen LogP contribution is 2.16. The molecule has 1 atom stereocenters. The van der Waals surface area contributed by atoms with E-state index in [1.54, 1.807) is 4.90 Å². The Bertz CT molecular complexity index is 309. The van der Waals surface area contributed by atoms with E-state index < -0.39 is 5.54 Å². The lowest BCUT2D eigenvalue weighted by Crippen LogP contribution is -2.57. The fraction of sp³-hybridized carbons (Fsp3) is 0.818. The first-order valence-corrected chi connectivity index (χ1v) is 6.91. The summed E-state index contributed by atoms with van der Waals surface area (Å²) in [5, 5.41) is 2.92. The van der Waals surface area contributed by atoms with E-state index in [2.05, 4.69) is 5.32 Å². The van der Waals surface area contributed by atoms with Gasteiger partial charge in [0.05, 0.1) is 17.2 Å². The maximum Gasteiger partial charge on any atom is 0.240 e. The third-order valence-corrected chi connectivity index (χ3v) is 4.23. The number of hydrogen-bond donors (Lipinski definition) is 2. The summed E-state index contributed by atoms with van der Waals surface area (Å²) in [4.78, 5) is 24.8. The van der Waals surface area contributed by atoms with Crippen molar-refractivity contribution >= 4 is 23.6 Å². The number of nitrogens with two attached hydrogens (primary N) is 1. The standard InChI is InChI=1S/C11H21N3O2S/c1-8(2)11(3,6-12)13-9(15)4-14-7-17-5-10(14)16/h8H,4-7,12H2,1-3H3,(H,13,15). The minimum Gasteiger partial charge on any atom is -0.348 e. The Hall–Kier alpha value is -0.750. The summed E-state index contributed by atoms with van der Waals surface area (Å²) >= 11 is 1.53. The van der Waals surface area contributed by atoms with Crippen LogP contribution in [-0.4, -0.2) is 47.0 Å². The van der Waals surface area contributed by atoms with Gasteiger partial charge in [-0.1, -0.05) is 13.8 Å². The highest BCUT2D eigenvalue weighted by atomic mass is 32.2. The van der Waals surface area contributed by atoms with E-state index in [1.807, 2.05) is 20.8 Å². The monoisotopic (exact) mass is 259 g/mol. The van der Waals surface area contributed by atoms with E-state index in [9.17, 15) is 9.59 Å². The Kier molecular flexibility index (Phi) is 4.82. The van der Waals surface area contributed by atoms with Crippen molar-refractivity contribution in [3.8, 4) is 0 Å². The number of thioether (sulfide) groups is 1. The first kappa shape index (κ1) is 14.3. The van der Waals surface area contributed by atoms with Crippen LogP contribution in [0.4, 0.5) is 0 Å². The van der Waals surface area contributed by atoms with Gasteiger partial charge in [-0.3, -0.25) is 9.59 Å². The smallest absolute Gasteiger partial charge is 0.240 e. The third-order valence-electron chi connectivity index (χ3n) is 3.28. The summed E-state index contributed by atoms with van der Waals surface area (Å²) in [7, 11) is 0. The van der Waals surface area contributed by atoms with Gasteiger partial charge in [0.25, 0.3) is 0 Å². The molecule has 2 amide bonds. The molecule has 1 fully saturated rings. The van der Waals surface area contributed by atoms with Crippen LogP contribution >= 0.6 is 11.8 Å². The van der Waals surface area contributed by atoms with Crippen molar-refractivity contribution in [3.05, 3.63) is 0 Å². The maximum absolute atomic E-state index is 11.9. The number of carbonyl (C=O) groups excluding carboxylic acids is 2. The van der Waals surface area contributed by atoms with Gasteiger partial charge in [-0.05, 0) is 12.8 Å². The molecule has 17 heavy (non-hydrogen) atoms. The Morgan fingerprint density at radius 1 is 1.65 bits per heavy atom. The summed E-state index contributed by atoms with van der Waals surface area (Å²) in [5.41, 5.74) is 5.28. The first-order valence-electron chi connectivity index (χ1n) is 5.75. The number of rotatable bonds is 5. The van der Waals surface area contributed by atoms with Crippen LogP contribution in [0.2, 0.25) is 0 Å². The maximum atomic E-state index is 11.9. The fourth-order valence-electron chi connectivity index (χ4n) is 1.50. The SMILES string of the molecule is CC(C)C(C)(CN)NC(=O)CN1CSCC1=O. The molecule has 0 bridgehead atoms. The van der Waals surface area contributed by atoms with Gasteiger partial charge >= 0.3 is 0 Å². The van der Waals surface area contributed by atoms with Crippen molar-refractivity contribution in [1.29, 1.82) is 0 Å². The topological polar surface area (TPSA) is 75.4 Å². The number of amides is 2. The Morgan fingerprint density at radius 2 is 2.29 bits per heavy atom. The Balaban J connectivity index is 2.51. The lowest BCUT2D eigenvalue weighted by Gasteiger charge is -2.34. The summed E-state index contributed by atoms with van der Waals surface area (Å²) in [6.45, 7) is 6.48. The van der Waals surface area contributed by atoms with E-state index in [0.29, 0.717) is 18.2 Å². The van der Waals surface area contributed by atoms with Crippen molar-refractivity contribution in [2.45, 2.75) is 26.3 Å². The van der Waals surface area contributed by atoms with Crippen molar-refractivity contribution in [2.24, 2.45) is 11.7 Å². The molecule has 3 N–H and O–H groups in total. The molecule has 1 aliphatic heterocycles. The van der Waals surface area contributed by atoms with Crippen LogP contribution in [0.15, 0.2) is 0 Å². The summed E-state index contributed by atoms with van der Waals surface area (Å²) < 4.78 is 0. The van der Waals surface area contributed by atoms with Crippen molar-refractivity contribution in [3.63, 3.8) is 0 Å². The Morgan fingerprint density at radius 3 is 2.71 bits per heavy atom. The molecule has 0 aromatic rings. The molecular formula is C11H21N3O2S. The molecule has 1 aliphatic rings. The van der Waals surface area contributed by atoms with Crippen LogP contribution in [0.25, 0.3) is 0 Å². The molecule has 1 heterocycles. The highest BCUT2D eigenvalue weighted by molar-refractivity contribution is 8.00. The van der Waals surface area contributed by atoms with Crippen LogP contribution in [0.5, 0.6) is 0 Å². The molecule has 1 rings (SSSR count). The molecule has 1 unspecified atom stereocenters. The second-order valence-corrected chi connectivity index (χ2v) is 5.85. The van der Waals surface area contributed by atoms with Gasteiger partial charge in [-0.2, -0.15) is 0 Å². The van der Waals surface area contributed by atoms with E-state index >= 15 is 0 Å². The molecule has 0 aliphatic carbocycles. The van der Waals surface area contributed by atoms with Crippen LogP contribution in [0.1, 0.15) is 20.8 Å². The molecular weight excluding hydrogens is 238 g/mol. The van der Waals surface area contributed by atoms with E-state index in [0.717, 1.165) is 0 Å². The van der Waals surface area contributed by atoms with Gasteiger partial charge in [0.15, 0.2) is 0 Å². The second-order valence-electron chi connectivity index (χ2n) is 4.89. The third kappa shape index (κ3) is 3.61. The van der Waals surface area contributed by atoms with Gasteiger partial charge in [-0.25, -0.2) is 0 Å². The first-order chi connectivity index (χ1) is 7.89. The van der Waals surface area contributed by atoms with Gasteiger partial charge in [0.2, 0.25) is 11.8 Å². The molecule has 1 saturated heterocycles. The number of hydrogen-bond acceptors (Lipinski definition) is 4. The van der Waals surface area contributed by atoms with E-state index in [-0.39, 0.29) is 24.3 Å². The lowest BCUT2D eigenvalue weighted by molar-refractivity contribution is -0.133. The number of nitrogens with zero attached hydrogens (tertiary/aromatic N) is 1. The summed E-state index contributed by atoms with van der Waals surface area (Å²) in [5.74, 6) is 1.23. The van der Waals surface area contributed by atoms with Crippen molar-refractivity contribution in [1.82, 2.24) is 10.2 Å². The zero-order valence-corrected chi connectivity index (χ0v) is 11.5. The van der Waals surface area contributed by atoms with Crippen LogP contribution in [0, 0.1) is 5.92 Å². The summed E-state index contributed by atoms with van der Waals surface area (Å²) in [6, 6.07) is 0. The molecule has 0 aromatic heterocycles. The quantitative estimate of drug-likeness (QED) is 0.729. The zero-order valence-electron chi connectivity index (χ0n) is 10.7.